The second-order valence-corrected chi connectivity index (χ2v) is 6.69. The van der Waals surface area contributed by atoms with Crippen molar-refractivity contribution in [2.24, 2.45) is 0 Å². The van der Waals surface area contributed by atoms with E-state index in [9.17, 15) is 9.18 Å². The molecule has 1 amide bonds. The summed E-state index contributed by atoms with van der Waals surface area (Å²) < 4.78 is 18.5. The molecule has 1 aliphatic carbocycles. The van der Waals surface area contributed by atoms with Gasteiger partial charge in [0.1, 0.15) is 6.10 Å². The van der Waals surface area contributed by atoms with E-state index in [4.69, 9.17) is 4.74 Å². The van der Waals surface area contributed by atoms with Crippen molar-refractivity contribution in [1.82, 2.24) is 15.3 Å². The molecule has 0 bridgehead atoms. The lowest BCUT2D eigenvalue weighted by Gasteiger charge is -2.28. The fourth-order valence-electron chi connectivity index (χ4n) is 3.02. The number of carbonyl (C=O) groups is 1. The SMILES string of the molecule is CN(C)c1ccc(C(=O)NC2CCC(Oc3ncc(F)cn3)CC2)cc1. The number of nitrogens with one attached hydrogen (secondary N) is 1. The summed E-state index contributed by atoms with van der Waals surface area (Å²) in [5, 5.41) is 3.09. The number of nitrogens with zero attached hydrogens (tertiary/aromatic N) is 3. The summed E-state index contributed by atoms with van der Waals surface area (Å²) in [6.07, 6.45) is 5.43. The normalized spacial score (nSPS) is 19.7. The topological polar surface area (TPSA) is 67.4 Å². The summed E-state index contributed by atoms with van der Waals surface area (Å²) in [4.78, 5) is 22.0. The van der Waals surface area contributed by atoms with Gasteiger partial charge in [0.15, 0.2) is 5.82 Å². The molecule has 7 heteroatoms. The van der Waals surface area contributed by atoms with E-state index in [0.29, 0.717) is 5.56 Å². The van der Waals surface area contributed by atoms with Crippen molar-refractivity contribution < 1.29 is 13.9 Å². The Kier molecular flexibility index (Phi) is 5.65. The molecular weight excluding hydrogens is 335 g/mol. The van der Waals surface area contributed by atoms with Gasteiger partial charge < -0.3 is 15.0 Å². The lowest BCUT2D eigenvalue weighted by atomic mass is 9.92. The quantitative estimate of drug-likeness (QED) is 0.890. The summed E-state index contributed by atoms with van der Waals surface area (Å²) in [6, 6.07) is 7.87. The number of amides is 1. The van der Waals surface area contributed by atoms with Crippen LogP contribution in [-0.2, 0) is 0 Å². The lowest BCUT2D eigenvalue weighted by Crippen LogP contribution is -2.39. The zero-order valence-electron chi connectivity index (χ0n) is 15.0. The van der Waals surface area contributed by atoms with E-state index in [0.717, 1.165) is 43.8 Å². The molecule has 0 spiro atoms. The van der Waals surface area contributed by atoms with E-state index in [-0.39, 0.29) is 24.1 Å². The van der Waals surface area contributed by atoms with Crippen LogP contribution < -0.4 is 15.0 Å². The largest absolute Gasteiger partial charge is 0.460 e. The Hall–Kier alpha value is -2.70. The van der Waals surface area contributed by atoms with Crippen LogP contribution in [0.4, 0.5) is 10.1 Å². The van der Waals surface area contributed by atoms with Crippen molar-refractivity contribution in [3.8, 4) is 6.01 Å². The average molecular weight is 358 g/mol. The first-order valence-electron chi connectivity index (χ1n) is 8.73. The molecule has 1 heterocycles. The molecule has 0 aliphatic heterocycles. The molecule has 1 fully saturated rings. The minimum Gasteiger partial charge on any atom is -0.460 e. The van der Waals surface area contributed by atoms with E-state index in [1.807, 2.05) is 43.3 Å². The highest BCUT2D eigenvalue weighted by Crippen LogP contribution is 2.22. The first-order chi connectivity index (χ1) is 12.5. The van der Waals surface area contributed by atoms with Gasteiger partial charge in [-0.05, 0) is 49.9 Å². The van der Waals surface area contributed by atoms with Crippen LogP contribution in [0.25, 0.3) is 0 Å². The number of rotatable bonds is 5. The molecule has 2 aromatic rings. The maximum atomic E-state index is 12.8. The monoisotopic (exact) mass is 358 g/mol. The second kappa shape index (κ2) is 8.12. The summed E-state index contributed by atoms with van der Waals surface area (Å²) in [5.74, 6) is -0.538. The molecule has 1 N–H and O–H groups in total. The van der Waals surface area contributed by atoms with Crippen LogP contribution in [0.5, 0.6) is 6.01 Å². The van der Waals surface area contributed by atoms with E-state index < -0.39 is 5.82 Å². The van der Waals surface area contributed by atoms with Gasteiger partial charge >= 0.3 is 6.01 Å². The van der Waals surface area contributed by atoms with Gasteiger partial charge in [0, 0.05) is 31.4 Å². The van der Waals surface area contributed by atoms with Gasteiger partial charge in [0.25, 0.3) is 5.91 Å². The van der Waals surface area contributed by atoms with E-state index in [1.54, 1.807) is 0 Å². The summed E-state index contributed by atoms with van der Waals surface area (Å²) in [7, 11) is 3.93. The van der Waals surface area contributed by atoms with Crippen LogP contribution in [0.2, 0.25) is 0 Å². The van der Waals surface area contributed by atoms with Crippen LogP contribution in [0, 0.1) is 5.82 Å². The summed E-state index contributed by atoms with van der Waals surface area (Å²) in [6.45, 7) is 0. The van der Waals surface area contributed by atoms with Gasteiger partial charge in [-0.25, -0.2) is 14.4 Å². The third kappa shape index (κ3) is 4.68. The number of halogens is 1. The van der Waals surface area contributed by atoms with E-state index in [2.05, 4.69) is 15.3 Å². The molecular formula is C19H23FN4O2. The smallest absolute Gasteiger partial charge is 0.316 e. The lowest BCUT2D eigenvalue weighted by molar-refractivity contribution is 0.0885. The molecule has 0 radical (unpaired) electrons. The van der Waals surface area contributed by atoms with Gasteiger partial charge in [-0.1, -0.05) is 0 Å². The van der Waals surface area contributed by atoms with Gasteiger partial charge in [-0.3, -0.25) is 4.79 Å². The number of benzene rings is 1. The summed E-state index contributed by atoms with van der Waals surface area (Å²) in [5.41, 5.74) is 1.72. The highest BCUT2D eigenvalue weighted by atomic mass is 19.1. The second-order valence-electron chi connectivity index (χ2n) is 6.69. The zero-order chi connectivity index (χ0) is 18.5. The molecule has 1 saturated carbocycles. The Morgan fingerprint density at radius 1 is 1.12 bits per heavy atom. The molecule has 0 unspecified atom stereocenters. The van der Waals surface area contributed by atoms with Gasteiger partial charge in [0.2, 0.25) is 0 Å². The van der Waals surface area contributed by atoms with Crippen LogP contribution in [0.1, 0.15) is 36.0 Å². The molecule has 26 heavy (non-hydrogen) atoms. The zero-order valence-corrected chi connectivity index (χ0v) is 15.0. The van der Waals surface area contributed by atoms with E-state index >= 15 is 0 Å². The number of carbonyl (C=O) groups excluding carboxylic acids is 1. The predicted molar refractivity (Wildman–Crippen MR) is 96.9 cm³/mol. The number of hydrogen-bond acceptors (Lipinski definition) is 5. The molecule has 138 valence electrons. The maximum absolute atomic E-state index is 12.8. The minimum atomic E-state index is -0.484. The van der Waals surface area contributed by atoms with Crippen LogP contribution in [0.15, 0.2) is 36.7 Å². The molecule has 3 rings (SSSR count). The predicted octanol–water partition coefficient (Wildman–Crippen LogP) is 2.80. The van der Waals surface area contributed by atoms with Crippen molar-refractivity contribution in [2.45, 2.75) is 37.8 Å². The first-order valence-corrected chi connectivity index (χ1v) is 8.73. The fraction of sp³-hybridized carbons (Fsp3) is 0.421. The van der Waals surface area contributed by atoms with E-state index in [1.165, 1.54) is 0 Å². The molecule has 1 aromatic heterocycles. The Bertz CT molecular complexity index is 726. The minimum absolute atomic E-state index is 0.00649. The third-order valence-corrected chi connectivity index (χ3v) is 4.52. The Morgan fingerprint density at radius 3 is 2.31 bits per heavy atom. The Labute approximate surface area is 152 Å². The van der Waals surface area contributed by atoms with Crippen molar-refractivity contribution in [1.29, 1.82) is 0 Å². The number of ether oxygens (including phenoxy) is 1. The average Bonchev–Trinajstić information content (AvgIpc) is 2.65. The van der Waals surface area contributed by atoms with Crippen molar-refractivity contribution in [2.75, 3.05) is 19.0 Å². The molecule has 0 atom stereocenters. The fourth-order valence-corrected chi connectivity index (χ4v) is 3.02. The molecule has 0 saturated heterocycles. The number of aromatic nitrogens is 2. The van der Waals surface area contributed by atoms with Gasteiger partial charge in [0.05, 0.1) is 12.4 Å². The standard InChI is InChI=1S/C19H23FN4O2/c1-24(2)16-7-3-13(4-8-16)18(25)23-15-5-9-17(10-6-15)26-19-21-11-14(20)12-22-19/h3-4,7-8,11-12,15,17H,5-6,9-10H2,1-2H3,(H,23,25). The van der Waals surface area contributed by atoms with Crippen molar-refractivity contribution >= 4 is 11.6 Å². The first kappa shape index (κ1) is 18.1. The third-order valence-electron chi connectivity index (χ3n) is 4.52. The molecule has 1 aliphatic rings. The van der Waals surface area contributed by atoms with Crippen LogP contribution in [-0.4, -0.2) is 42.1 Å². The summed E-state index contributed by atoms with van der Waals surface area (Å²) >= 11 is 0. The molecule has 1 aromatic carbocycles. The Morgan fingerprint density at radius 2 is 1.73 bits per heavy atom. The highest BCUT2D eigenvalue weighted by Gasteiger charge is 2.24. The Balaban J connectivity index is 1.47. The van der Waals surface area contributed by atoms with Crippen molar-refractivity contribution in [3.63, 3.8) is 0 Å². The maximum Gasteiger partial charge on any atom is 0.316 e. The van der Waals surface area contributed by atoms with Crippen LogP contribution >= 0.6 is 0 Å². The van der Waals surface area contributed by atoms with Crippen molar-refractivity contribution in [3.05, 3.63) is 48.0 Å². The van der Waals surface area contributed by atoms with Crippen LogP contribution in [0.3, 0.4) is 0 Å². The highest BCUT2D eigenvalue weighted by molar-refractivity contribution is 5.94. The number of anilines is 1. The van der Waals surface area contributed by atoms with Gasteiger partial charge in [-0.2, -0.15) is 0 Å². The van der Waals surface area contributed by atoms with Gasteiger partial charge in [-0.15, -0.1) is 0 Å². The molecule has 6 nitrogen and oxygen atoms in total. The number of hydrogen-bond donors (Lipinski definition) is 1.